The van der Waals surface area contributed by atoms with Crippen LogP contribution in [0.15, 0.2) is 18.2 Å². The molecule has 0 amide bonds. The molecule has 0 heterocycles. The van der Waals surface area contributed by atoms with Crippen LogP contribution in [-0.2, 0) is 0 Å². The fourth-order valence-electron chi connectivity index (χ4n) is 1.36. The summed E-state index contributed by atoms with van der Waals surface area (Å²) < 4.78 is 0. The second kappa shape index (κ2) is 2.70. The molecule has 64 valence electrons. The monoisotopic (exact) mass is 162 g/mol. The van der Waals surface area contributed by atoms with Crippen LogP contribution in [0.4, 0.5) is 11.4 Å². The first-order valence-corrected chi connectivity index (χ1v) is 4.38. The van der Waals surface area contributed by atoms with Gasteiger partial charge in [-0.3, -0.25) is 0 Å². The van der Waals surface area contributed by atoms with Crippen molar-refractivity contribution in [3.05, 3.63) is 23.8 Å². The maximum atomic E-state index is 5.72. The highest BCUT2D eigenvalue weighted by Gasteiger charge is 2.20. The summed E-state index contributed by atoms with van der Waals surface area (Å²) in [5.74, 6) is 0. The van der Waals surface area contributed by atoms with Gasteiger partial charge in [-0.05, 0) is 43.5 Å². The highest BCUT2D eigenvalue weighted by atomic mass is 14.9. The molecule has 1 saturated carbocycles. The number of nitrogen functional groups attached to an aromatic ring is 1. The number of hydrogen-bond acceptors (Lipinski definition) is 2. The summed E-state index contributed by atoms with van der Waals surface area (Å²) in [5.41, 5.74) is 8.94. The molecule has 0 unspecified atom stereocenters. The van der Waals surface area contributed by atoms with E-state index in [9.17, 15) is 0 Å². The van der Waals surface area contributed by atoms with Gasteiger partial charge in [0.05, 0.1) is 0 Å². The van der Waals surface area contributed by atoms with Crippen molar-refractivity contribution in [3.63, 3.8) is 0 Å². The van der Waals surface area contributed by atoms with E-state index in [4.69, 9.17) is 5.73 Å². The van der Waals surface area contributed by atoms with Crippen molar-refractivity contribution in [2.24, 2.45) is 0 Å². The van der Waals surface area contributed by atoms with Crippen LogP contribution in [0.5, 0.6) is 0 Å². The Kier molecular flexibility index (Phi) is 1.68. The summed E-state index contributed by atoms with van der Waals surface area (Å²) >= 11 is 0. The molecule has 0 saturated heterocycles. The van der Waals surface area contributed by atoms with E-state index in [0.717, 1.165) is 11.4 Å². The molecule has 1 aromatic carbocycles. The largest absolute Gasteiger partial charge is 0.399 e. The Balaban J connectivity index is 2.18. The van der Waals surface area contributed by atoms with Crippen molar-refractivity contribution in [1.29, 1.82) is 0 Å². The highest BCUT2D eigenvalue weighted by molar-refractivity contribution is 5.57. The van der Waals surface area contributed by atoms with Crippen molar-refractivity contribution >= 4 is 11.4 Å². The molecule has 2 rings (SSSR count). The van der Waals surface area contributed by atoms with Crippen molar-refractivity contribution in [2.75, 3.05) is 11.1 Å². The molecule has 2 heteroatoms. The summed E-state index contributed by atoms with van der Waals surface area (Å²) in [4.78, 5) is 0. The van der Waals surface area contributed by atoms with Gasteiger partial charge in [-0.25, -0.2) is 0 Å². The SMILES string of the molecule is Cc1cc(N)cc(NC2CC2)c1. The number of nitrogens with two attached hydrogens (primary N) is 1. The van der Waals surface area contributed by atoms with E-state index in [-0.39, 0.29) is 0 Å². The van der Waals surface area contributed by atoms with Gasteiger partial charge in [0, 0.05) is 17.4 Å². The molecule has 2 nitrogen and oxygen atoms in total. The number of aryl methyl sites for hydroxylation is 1. The van der Waals surface area contributed by atoms with E-state index in [1.807, 2.05) is 12.1 Å². The Morgan fingerprint density at radius 2 is 2.08 bits per heavy atom. The Bertz CT molecular complexity index is 270. The molecular weight excluding hydrogens is 148 g/mol. The van der Waals surface area contributed by atoms with Crippen molar-refractivity contribution in [3.8, 4) is 0 Å². The van der Waals surface area contributed by atoms with Crippen molar-refractivity contribution < 1.29 is 0 Å². The van der Waals surface area contributed by atoms with E-state index in [0.29, 0.717) is 6.04 Å². The van der Waals surface area contributed by atoms with Gasteiger partial charge in [-0.15, -0.1) is 0 Å². The molecule has 1 aliphatic rings. The fraction of sp³-hybridized carbons (Fsp3) is 0.400. The molecule has 0 aromatic heterocycles. The van der Waals surface area contributed by atoms with Gasteiger partial charge >= 0.3 is 0 Å². The maximum absolute atomic E-state index is 5.72. The van der Waals surface area contributed by atoms with Crippen LogP contribution in [0, 0.1) is 6.92 Å². The molecular formula is C10H14N2. The van der Waals surface area contributed by atoms with Gasteiger partial charge in [-0.1, -0.05) is 0 Å². The fourth-order valence-corrected chi connectivity index (χ4v) is 1.36. The van der Waals surface area contributed by atoms with Gasteiger partial charge in [-0.2, -0.15) is 0 Å². The molecule has 12 heavy (non-hydrogen) atoms. The van der Waals surface area contributed by atoms with E-state index >= 15 is 0 Å². The van der Waals surface area contributed by atoms with E-state index in [1.165, 1.54) is 18.4 Å². The predicted molar refractivity (Wildman–Crippen MR) is 52.2 cm³/mol. The van der Waals surface area contributed by atoms with Crippen molar-refractivity contribution in [1.82, 2.24) is 0 Å². The number of benzene rings is 1. The second-order valence-corrected chi connectivity index (χ2v) is 3.55. The van der Waals surface area contributed by atoms with Crippen LogP contribution in [0.2, 0.25) is 0 Å². The third-order valence-corrected chi connectivity index (χ3v) is 2.05. The number of nitrogens with one attached hydrogen (secondary N) is 1. The Morgan fingerprint density at radius 1 is 1.33 bits per heavy atom. The molecule has 1 aliphatic carbocycles. The second-order valence-electron chi connectivity index (χ2n) is 3.55. The Labute approximate surface area is 72.8 Å². The lowest BCUT2D eigenvalue weighted by Gasteiger charge is -2.06. The van der Waals surface area contributed by atoms with Crippen LogP contribution in [0.3, 0.4) is 0 Å². The summed E-state index contributed by atoms with van der Waals surface area (Å²) in [6.07, 6.45) is 2.60. The van der Waals surface area contributed by atoms with Crippen molar-refractivity contribution in [2.45, 2.75) is 25.8 Å². The standard InChI is InChI=1S/C10H14N2/c1-7-4-8(11)6-10(5-7)12-9-2-3-9/h4-6,9,12H,2-3,11H2,1H3. The topological polar surface area (TPSA) is 38.0 Å². The number of anilines is 2. The Hall–Kier alpha value is -1.18. The minimum absolute atomic E-state index is 0.700. The van der Waals surface area contributed by atoms with Gasteiger partial charge in [0.1, 0.15) is 0 Å². The summed E-state index contributed by atoms with van der Waals surface area (Å²) in [5, 5.41) is 3.42. The van der Waals surface area contributed by atoms with Gasteiger partial charge < -0.3 is 11.1 Å². The zero-order chi connectivity index (χ0) is 8.55. The van der Waals surface area contributed by atoms with Gasteiger partial charge in [0.25, 0.3) is 0 Å². The smallest absolute Gasteiger partial charge is 0.0365 e. The third-order valence-electron chi connectivity index (χ3n) is 2.05. The first-order valence-electron chi connectivity index (χ1n) is 4.38. The first kappa shape index (κ1) is 7.47. The molecule has 3 N–H and O–H groups in total. The van der Waals surface area contributed by atoms with Gasteiger partial charge in [0.15, 0.2) is 0 Å². The average molecular weight is 162 g/mol. The lowest BCUT2D eigenvalue weighted by Crippen LogP contribution is -2.01. The lowest BCUT2D eigenvalue weighted by molar-refractivity contribution is 1.15. The molecule has 1 aromatic rings. The van der Waals surface area contributed by atoms with Crippen LogP contribution >= 0.6 is 0 Å². The zero-order valence-electron chi connectivity index (χ0n) is 7.30. The summed E-state index contributed by atoms with van der Waals surface area (Å²) in [7, 11) is 0. The summed E-state index contributed by atoms with van der Waals surface area (Å²) in [6, 6.07) is 6.81. The minimum atomic E-state index is 0.700. The first-order chi connectivity index (χ1) is 5.74. The molecule has 0 aliphatic heterocycles. The minimum Gasteiger partial charge on any atom is -0.399 e. The van der Waals surface area contributed by atoms with Crippen LogP contribution in [0.25, 0.3) is 0 Å². The average Bonchev–Trinajstić information content (AvgIpc) is 2.68. The molecule has 0 bridgehead atoms. The Morgan fingerprint density at radius 3 is 2.67 bits per heavy atom. The zero-order valence-corrected chi connectivity index (χ0v) is 7.30. The molecule has 0 spiro atoms. The van der Waals surface area contributed by atoms with Crippen LogP contribution in [-0.4, -0.2) is 6.04 Å². The maximum Gasteiger partial charge on any atom is 0.0365 e. The normalized spacial score (nSPS) is 16.1. The number of rotatable bonds is 2. The van der Waals surface area contributed by atoms with Gasteiger partial charge in [0.2, 0.25) is 0 Å². The molecule has 0 atom stereocenters. The summed E-state index contributed by atoms with van der Waals surface area (Å²) in [6.45, 7) is 2.06. The molecule has 1 fully saturated rings. The highest BCUT2D eigenvalue weighted by Crippen LogP contribution is 2.26. The predicted octanol–water partition coefficient (Wildman–Crippen LogP) is 2.15. The third kappa shape index (κ3) is 1.70. The lowest BCUT2D eigenvalue weighted by atomic mass is 10.2. The van der Waals surface area contributed by atoms with E-state index in [2.05, 4.69) is 18.3 Å². The molecule has 0 radical (unpaired) electrons. The quantitative estimate of drug-likeness (QED) is 0.654. The van der Waals surface area contributed by atoms with E-state index < -0.39 is 0 Å². The van der Waals surface area contributed by atoms with Crippen LogP contribution in [0.1, 0.15) is 18.4 Å². The number of hydrogen-bond donors (Lipinski definition) is 2. The van der Waals surface area contributed by atoms with Crippen LogP contribution < -0.4 is 11.1 Å². The van der Waals surface area contributed by atoms with E-state index in [1.54, 1.807) is 0 Å².